The van der Waals surface area contributed by atoms with E-state index >= 15 is 0 Å². The number of hydrogen-bond acceptors (Lipinski definition) is 1. The Kier molecular flexibility index (Phi) is 12.4. The molecule has 0 aromatic heterocycles. The minimum Gasteiger partial charge on any atom is -1.00 e. The average Bonchev–Trinajstić information content (AvgIpc) is 3.08. The first-order chi connectivity index (χ1) is 15.5. The molecule has 5 heteroatoms. The zero-order chi connectivity index (χ0) is 24.4. The van der Waals surface area contributed by atoms with Gasteiger partial charge in [-0.1, -0.05) is 0 Å². The van der Waals surface area contributed by atoms with Gasteiger partial charge >= 0.3 is 221 Å². The van der Waals surface area contributed by atoms with Gasteiger partial charge in [0.2, 0.25) is 0 Å². The molecular weight excluding hydrogens is 583 g/mol. The third-order valence-electron chi connectivity index (χ3n) is 7.42. The van der Waals surface area contributed by atoms with Crippen molar-refractivity contribution in [1.82, 2.24) is 0 Å². The summed E-state index contributed by atoms with van der Waals surface area (Å²) in [6.07, 6.45) is 7.28. The largest absolute Gasteiger partial charge is 1.00 e. The molecule has 0 aliphatic heterocycles. The molecule has 1 aliphatic carbocycles. The SMILES string of the molecule is CCCC=[CH][Zr+2][C]1=c2ccccc2=C(c2ccc(C(C)(C)C)cc2)C1(C(C)C)[Si](C)(C)SC.[Cl-].[Cl-]. The predicted octanol–water partition coefficient (Wildman–Crippen LogP) is 1.67. The summed E-state index contributed by atoms with van der Waals surface area (Å²) in [5, 5.41) is 3.23. The van der Waals surface area contributed by atoms with E-state index in [4.69, 9.17) is 0 Å². The van der Waals surface area contributed by atoms with Crippen LogP contribution in [0.2, 0.25) is 18.1 Å². The van der Waals surface area contributed by atoms with E-state index in [2.05, 4.69) is 130 Å². The van der Waals surface area contributed by atoms with Crippen molar-refractivity contribution in [3.8, 4) is 0 Å². The van der Waals surface area contributed by atoms with Crippen LogP contribution in [0.5, 0.6) is 0 Å². The summed E-state index contributed by atoms with van der Waals surface area (Å²) < 4.78 is 4.44. The number of allylic oxidation sites excluding steroid dienone is 1. The Bertz CT molecular complexity index is 1130. The molecule has 2 aromatic carbocycles. The maximum absolute atomic E-state index is 2.63. The Hall–Kier alpha value is -0.0500. The van der Waals surface area contributed by atoms with Gasteiger partial charge in [0.25, 0.3) is 0 Å². The van der Waals surface area contributed by atoms with E-state index in [1.165, 1.54) is 29.2 Å². The summed E-state index contributed by atoms with van der Waals surface area (Å²) in [6, 6.07) is 19.0. The molecule has 1 unspecified atom stereocenters. The summed E-state index contributed by atoms with van der Waals surface area (Å²) in [5.41, 5.74) is 4.65. The maximum atomic E-state index is 2.63. The fraction of sp³-hybridized carbons (Fsp3) is 0.467. The average molecular weight is 625 g/mol. The molecule has 0 spiro atoms. The van der Waals surface area contributed by atoms with Crippen molar-refractivity contribution in [1.29, 1.82) is 0 Å². The van der Waals surface area contributed by atoms with E-state index in [-0.39, 0.29) is 35.3 Å². The maximum Gasteiger partial charge on any atom is -1.00 e. The Morgan fingerprint density at radius 2 is 1.54 bits per heavy atom. The number of unbranched alkanes of at least 4 members (excludes halogenated alkanes) is 1. The first kappa shape index (κ1) is 33.0. The normalized spacial score (nSPS) is 17.8. The number of fused-ring (bicyclic) bond motifs is 1. The molecule has 0 saturated carbocycles. The van der Waals surface area contributed by atoms with Crippen LogP contribution < -0.4 is 35.3 Å². The minimum absolute atomic E-state index is 0. The van der Waals surface area contributed by atoms with E-state index in [1.807, 2.05) is 3.28 Å². The van der Waals surface area contributed by atoms with Crippen LogP contribution in [0.15, 0.2) is 58.4 Å². The zero-order valence-corrected chi connectivity index (χ0v) is 28.7. The molecule has 0 amide bonds. The zero-order valence-electron chi connectivity index (χ0n) is 22.9. The molecule has 1 atom stereocenters. The molecule has 0 N–H and O–H groups in total. The van der Waals surface area contributed by atoms with Crippen LogP contribution >= 0.6 is 11.2 Å². The first-order valence-corrected chi connectivity index (χ1v) is 20.0. The molecule has 1 aliphatic rings. The van der Waals surface area contributed by atoms with Gasteiger partial charge in [0.15, 0.2) is 0 Å². The molecule has 0 radical (unpaired) electrons. The summed E-state index contributed by atoms with van der Waals surface area (Å²) in [4.78, 5) is 0. The van der Waals surface area contributed by atoms with Crippen molar-refractivity contribution in [2.75, 3.05) is 6.26 Å². The third-order valence-corrected chi connectivity index (χ3v) is 19.4. The van der Waals surface area contributed by atoms with Crippen LogP contribution in [0.1, 0.15) is 65.5 Å². The topological polar surface area (TPSA) is 0 Å². The second-order valence-corrected chi connectivity index (χ2v) is 22.4. The predicted molar refractivity (Wildman–Crippen MR) is 149 cm³/mol. The van der Waals surface area contributed by atoms with Gasteiger partial charge in [-0.2, -0.15) is 0 Å². The van der Waals surface area contributed by atoms with Gasteiger partial charge in [-0.15, -0.1) is 0 Å². The van der Waals surface area contributed by atoms with E-state index < -0.39 is 30.5 Å². The minimum atomic E-state index is -1.73. The monoisotopic (exact) mass is 622 g/mol. The summed E-state index contributed by atoms with van der Waals surface area (Å²) in [5.74, 6) is 0.576. The molecular formula is C30H42Cl2SSiZr. The van der Waals surface area contributed by atoms with Gasteiger partial charge in [0.05, 0.1) is 0 Å². The van der Waals surface area contributed by atoms with Gasteiger partial charge < -0.3 is 24.8 Å². The van der Waals surface area contributed by atoms with Crippen molar-refractivity contribution < 1.29 is 48.0 Å². The van der Waals surface area contributed by atoms with Crippen molar-refractivity contribution in [3.05, 3.63) is 80.0 Å². The van der Waals surface area contributed by atoms with Crippen molar-refractivity contribution in [2.24, 2.45) is 5.92 Å². The molecule has 0 bridgehead atoms. The van der Waals surface area contributed by atoms with Gasteiger partial charge in [-0.05, 0) is 0 Å². The Morgan fingerprint density at radius 3 is 2.03 bits per heavy atom. The van der Waals surface area contributed by atoms with E-state index in [1.54, 1.807) is 10.8 Å². The molecule has 2 aromatic rings. The van der Waals surface area contributed by atoms with Crippen molar-refractivity contribution in [3.63, 3.8) is 0 Å². The quantitative estimate of drug-likeness (QED) is 0.403. The second-order valence-electron chi connectivity index (χ2n) is 11.1. The number of benzene rings is 2. The van der Waals surface area contributed by atoms with Crippen molar-refractivity contribution in [2.45, 2.75) is 77.9 Å². The molecule has 0 heterocycles. The summed E-state index contributed by atoms with van der Waals surface area (Å²) >= 11 is 1.32. The Labute approximate surface area is 243 Å². The second kappa shape index (κ2) is 13.1. The smallest absolute Gasteiger partial charge is 1.00 e. The van der Waals surface area contributed by atoms with E-state index in [9.17, 15) is 0 Å². The van der Waals surface area contributed by atoms with Crippen LogP contribution in [-0.4, -0.2) is 13.5 Å². The fourth-order valence-corrected chi connectivity index (χ4v) is 18.2. The number of hydrogen-bond donors (Lipinski definition) is 0. The molecule has 3 rings (SSSR count). The van der Waals surface area contributed by atoms with Crippen LogP contribution in [0.25, 0.3) is 8.85 Å². The molecule has 0 nitrogen and oxygen atoms in total. The van der Waals surface area contributed by atoms with Gasteiger partial charge in [-0.25, -0.2) is 0 Å². The standard InChI is InChI=1S/C25H33SSi.C5H9.2ClH.Zr/c1-18(2)25(27(7,8)26-6)17-20-11-9-10-12-22(20)23(25)19-13-15-21(16-14-19)24(3,4)5;1-3-5-4-2;;;/h9-16,18H,1-8H3;1,3H,4-5H2,2H3;2*1H;/q;;;;+2/p-2. The molecule has 190 valence electrons. The number of halogens is 2. The van der Waals surface area contributed by atoms with Crippen LogP contribution in [-0.2, 0) is 28.6 Å². The Balaban J connectivity index is 0.00000306. The Morgan fingerprint density at radius 1 is 0.971 bits per heavy atom. The molecule has 0 saturated heterocycles. The summed E-state index contributed by atoms with van der Waals surface area (Å²) in [7, 11) is -1.73. The third kappa shape index (κ3) is 6.17. The van der Waals surface area contributed by atoms with Crippen LogP contribution in [0, 0.1) is 5.92 Å². The molecule has 0 fully saturated rings. The van der Waals surface area contributed by atoms with E-state index in [0.717, 1.165) is 0 Å². The van der Waals surface area contributed by atoms with Crippen LogP contribution in [0.4, 0.5) is 0 Å². The van der Waals surface area contributed by atoms with Crippen molar-refractivity contribution >= 4 is 27.3 Å². The number of rotatable bonds is 8. The van der Waals surface area contributed by atoms with E-state index in [0.29, 0.717) is 5.92 Å². The fourth-order valence-electron chi connectivity index (χ4n) is 5.61. The van der Waals surface area contributed by atoms with Gasteiger partial charge in [-0.3, -0.25) is 0 Å². The summed E-state index contributed by atoms with van der Waals surface area (Å²) in [6.45, 7) is 19.5. The van der Waals surface area contributed by atoms with Gasteiger partial charge in [0.1, 0.15) is 0 Å². The van der Waals surface area contributed by atoms with Crippen LogP contribution in [0.3, 0.4) is 0 Å². The van der Waals surface area contributed by atoms with Gasteiger partial charge in [0, 0.05) is 0 Å². The molecule has 35 heavy (non-hydrogen) atoms. The first-order valence-electron chi connectivity index (χ1n) is 12.4.